The molecular formula is C24H29N3O3S. The summed E-state index contributed by atoms with van der Waals surface area (Å²) >= 11 is 0. The lowest BCUT2D eigenvalue weighted by Gasteiger charge is -2.32. The fraction of sp³-hybridized carbons (Fsp3) is 0.417. The molecule has 2 aromatic rings. The third kappa shape index (κ3) is 5.52. The Morgan fingerprint density at radius 3 is 2.13 bits per heavy atom. The number of sulfone groups is 1. The molecule has 1 amide bonds. The van der Waals surface area contributed by atoms with E-state index in [4.69, 9.17) is 5.73 Å². The van der Waals surface area contributed by atoms with Crippen LogP contribution in [0, 0.1) is 11.3 Å². The van der Waals surface area contributed by atoms with Gasteiger partial charge in [-0.15, -0.1) is 0 Å². The Morgan fingerprint density at radius 1 is 1.06 bits per heavy atom. The Labute approximate surface area is 184 Å². The van der Waals surface area contributed by atoms with E-state index in [9.17, 15) is 18.5 Å². The second kappa shape index (κ2) is 9.63. The van der Waals surface area contributed by atoms with Crippen LogP contribution in [-0.2, 0) is 21.1 Å². The average molecular weight is 440 g/mol. The van der Waals surface area contributed by atoms with Crippen molar-refractivity contribution in [2.45, 2.75) is 61.9 Å². The van der Waals surface area contributed by atoms with E-state index in [1.54, 1.807) is 31.2 Å². The van der Waals surface area contributed by atoms with Crippen LogP contribution in [0.1, 0.15) is 44.6 Å². The first-order valence-electron chi connectivity index (χ1n) is 10.7. The Bertz CT molecular complexity index is 1050. The van der Waals surface area contributed by atoms with Crippen LogP contribution in [0.25, 0.3) is 11.1 Å². The van der Waals surface area contributed by atoms with Crippen LogP contribution < -0.4 is 11.1 Å². The van der Waals surface area contributed by atoms with Crippen LogP contribution >= 0.6 is 0 Å². The minimum Gasteiger partial charge on any atom is -0.338 e. The van der Waals surface area contributed by atoms with Gasteiger partial charge in [0.1, 0.15) is 6.04 Å². The van der Waals surface area contributed by atoms with Gasteiger partial charge in [-0.3, -0.25) is 4.79 Å². The lowest BCUT2D eigenvalue weighted by atomic mass is 9.81. The smallest absolute Gasteiger partial charge is 0.241 e. The zero-order chi connectivity index (χ0) is 22.5. The van der Waals surface area contributed by atoms with Gasteiger partial charge in [0.05, 0.1) is 22.3 Å². The van der Waals surface area contributed by atoms with Gasteiger partial charge < -0.3 is 11.1 Å². The molecule has 2 aromatic carbocycles. The summed E-state index contributed by atoms with van der Waals surface area (Å²) in [5, 5.41) is 12.3. The van der Waals surface area contributed by atoms with Crippen molar-refractivity contribution in [3.63, 3.8) is 0 Å². The molecule has 6 nitrogen and oxygen atoms in total. The maximum absolute atomic E-state index is 12.6. The summed E-state index contributed by atoms with van der Waals surface area (Å²) in [6.07, 6.45) is 4.68. The standard InChI is InChI=1S/C24H29N3O3S/c1-2-31(29,30)22-12-10-20(11-13-22)19-8-6-18(7-9-19)16-21(17-25)27-23(28)24(26)14-4-3-5-15-24/h6-13,21H,2-5,14-16,26H2,1H3,(H,27,28)/t21-/m0/s1. The van der Waals surface area contributed by atoms with E-state index in [1.165, 1.54) is 0 Å². The molecule has 3 N–H and O–H groups in total. The maximum atomic E-state index is 12.6. The number of rotatable bonds is 7. The molecule has 7 heteroatoms. The molecule has 164 valence electrons. The predicted molar refractivity (Wildman–Crippen MR) is 121 cm³/mol. The zero-order valence-electron chi connectivity index (χ0n) is 17.8. The van der Waals surface area contributed by atoms with E-state index in [1.807, 2.05) is 24.3 Å². The number of nitrogens with two attached hydrogens (primary N) is 1. The van der Waals surface area contributed by atoms with E-state index in [0.717, 1.165) is 36.0 Å². The van der Waals surface area contributed by atoms with Crippen LogP contribution in [0.5, 0.6) is 0 Å². The van der Waals surface area contributed by atoms with Crippen LogP contribution in [0.2, 0.25) is 0 Å². The first kappa shape index (κ1) is 23.0. The fourth-order valence-electron chi connectivity index (χ4n) is 3.93. The molecule has 0 bridgehead atoms. The maximum Gasteiger partial charge on any atom is 0.241 e. The van der Waals surface area contributed by atoms with Crippen LogP contribution in [0.4, 0.5) is 0 Å². The van der Waals surface area contributed by atoms with Gasteiger partial charge in [-0.05, 0) is 41.7 Å². The van der Waals surface area contributed by atoms with Crippen molar-refractivity contribution < 1.29 is 13.2 Å². The number of nitrogens with zero attached hydrogens (tertiary/aromatic N) is 1. The molecule has 0 spiro atoms. The lowest BCUT2D eigenvalue weighted by molar-refractivity contribution is -0.127. The normalized spacial score (nSPS) is 16.8. The highest BCUT2D eigenvalue weighted by molar-refractivity contribution is 7.91. The summed E-state index contributed by atoms with van der Waals surface area (Å²) in [7, 11) is -3.22. The number of nitrogens with one attached hydrogen (secondary N) is 1. The van der Waals surface area contributed by atoms with Crippen LogP contribution in [0.3, 0.4) is 0 Å². The van der Waals surface area contributed by atoms with Gasteiger partial charge in [0.2, 0.25) is 5.91 Å². The first-order chi connectivity index (χ1) is 14.8. The van der Waals surface area contributed by atoms with Crippen molar-refractivity contribution >= 4 is 15.7 Å². The molecule has 1 fully saturated rings. The highest BCUT2D eigenvalue weighted by Crippen LogP contribution is 2.26. The second-order valence-corrected chi connectivity index (χ2v) is 10.5. The van der Waals surface area contributed by atoms with Crippen LogP contribution in [-0.4, -0.2) is 31.7 Å². The van der Waals surface area contributed by atoms with Crippen molar-refractivity contribution in [1.29, 1.82) is 5.26 Å². The third-order valence-electron chi connectivity index (χ3n) is 5.98. The van der Waals surface area contributed by atoms with Crippen molar-refractivity contribution in [1.82, 2.24) is 5.32 Å². The molecule has 0 radical (unpaired) electrons. The fourth-order valence-corrected chi connectivity index (χ4v) is 4.82. The first-order valence-corrected chi connectivity index (χ1v) is 12.3. The minimum absolute atomic E-state index is 0.0723. The monoisotopic (exact) mass is 439 g/mol. The van der Waals surface area contributed by atoms with Crippen molar-refractivity contribution in [3.8, 4) is 17.2 Å². The summed E-state index contributed by atoms with van der Waals surface area (Å²) in [6.45, 7) is 1.63. The summed E-state index contributed by atoms with van der Waals surface area (Å²) in [4.78, 5) is 12.9. The van der Waals surface area contributed by atoms with E-state index < -0.39 is 21.4 Å². The van der Waals surface area contributed by atoms with Gasteiger partial charge in [0, 0.05) is 6.42 Å². The van der Waals surface area contributed by atoms with E-state index >= 15 is 0 Å². The molecule has 0 aromatic heterocycles. The topological polar surface area (TPSA) is 113 Å². The second-order valence-electron chi connectivity index (χ2n) is 8.20. The SMILES string of the molecule is CCS(=O)(=O)c1ccc(-c2ccc(C[C@@H](C#N)NC(=O)C3(N)CCCCC3)cc2)cc1. The Hall–Kier alpha value is -2.69. The zero-order valence-corrected chi connectivity index (χ0v) is 18.6. The molecule has 0 unspecified atom stereocenters. The third-order valence-corrected chi connectivity index (χ3v) is 7.73. The quantitative estimate of drug-likeness (QED) is 0.687. The molecular weight excluding hydrogens is 410 g/mol. The number of hydrogen-bond donors (Lipinski definition) is 2. The summed E-state index contributed by atoms with van der Waals surface area (Å²) in [5.41, 5.74) is 8.19. The van der Waals surface area contributed by atoms with Crippen molar-refractivity contribution in [3.05, 3.63) is 54.1 Å². The Balaban J connectivity index is 1.65. The largest absolute Gasteiger partial charge is 0.338 e. The van der Waals surface area contributed by atoms with Crippen LogP contribution in [0.15, 0.2) is 53.4 Å². The number of amides is 1. The summed E-state index contributed by atoms with van der Waals surface area (Å²) < 4.78 is 23.9. The summed E-state index contributed by atoms with van der Waals surface area (Å²) in [6, 6.07) is 16.1. The number of carbonyl (C=O) groups is 1. The molecule has 3 rings (SSSR count). The number of carbonyl (C=O) groups excluding carboxylic acids is 1. The molecule has 0 saturated heterocycles. The van der Waals surface area contributed by atoms with E-state index in [2.05, 4.69) is 11.4 Å². The average Bonchev–Trinajstić information content (AvgIpc) is 2.79. The number of benzene rings is 2. The van der Waals surface area contributed by atoms with Crippen molar-refractivity contribution in [2.24, 2.45) is 5.73 Å². The van der Waals surface area contributed by atoms with Gasteiger partial charge in [-0.25, -0.2) is 8.42 Å². The molecule has 0 aliphatic heterocycles. The molecule has 1 atom stereocenters. The highest BCUT2D eigenvalue weighted by Gasteiger charge is 2.36. The molecule has 1 aliphatic carbocycles. The predicted octanol–water partition coefficient (Wildman–Crippen LogP) is 3.36. The molecule has 0 heterocycles. The van der Waals surface area contributed by atoms with E-state index in [-0.39, 0.29) is 11.7 Å². The lowest BCUT2D eigenvalue weighted by Crippen LogP contribution is -2.57. The minimum atomic E-state index is -3.22. The van der Waals surface area contributed by atoms with Gasteiger partial charge in [0.25, 0.3) is 0 Å². The molecule has 31 heavy (non-hydrogen) atoms. The molecule has 1 aliphatic rings. The van der Waals surface area contributed by atoms with Gasteiger partial charge in [-0.1, -0.05) is 62.6 Å². The highest BCUT2D eigenvalue weighted by atomic mass is 32.2. The van der Waals surface area contributed by atoms with Gasteiger partial charge in [0.15, 0.2) is 9.84 Å². The summed E-state index contributed by atoms with van der Waals surface area (Å²) in [5.74, 6) is -0.166. The molecule has 1 saturated carbocycles. The van der Waals surface area contributed by atoms with Gasteiger partial charge >= 0.3 is 0 Å². The number of nitriles is 1. The Kier molecular flexibility index (Phi) is 7.14. The van der Waals surface area contributed by atoms with E-state index in [0.29, 0.717) is 24.2 Å². The Morgan fingerprint density at radius 2 is 1.61 bits per heavy atom. The van der Waals surface area contributed by atoms with Crippen molar-refractivity contribution in [2.75, 3.05) is 5.75 Å². The van der Waals surface area contributed by atoms with Gasteiger partial charge in [-0.2, -0.15) is 5.26 Å². The number of hydrogen-bond acceptors (Lipinski definition) is 5.